The maximum Gasteiger partial charge on any atom is 0.270 e. The predicted molar refractivity (Wildman–Crippen MR) is 87.9 cm³/mol. The van der Waals surface area contributed by atoms with E-state index in [-0.39, 0.29) is 24.0 Å². The van der Waals surface area contributed by atoms with Gasteiger partial charge in [-0.25, -0.2) is 0 Å². The zero-order valence-corrected chi connectivity index (χ0v) is 14.3. The van der Waals surface area contributed by atoms with Crippen LogP contribution in [-0.2, 0) is 0 Å². The van der Waals surface area contributed by atoms with E-state index in [4.69, 9.17) is 5.73 Å². The second-order valence-corrected chi connectivity index (χ2v) is 5.53. The van der Waals surface area contributed by atoms with Gasteiger partial charge in [-0.1, -0.05) is 13.8 Å². The number of hydrogen-bond donors (Lipinski definition) is 2. The van der Waals surface area contributed by atoms with Crippen LogP contribution in [0.3, 0.4) is 0 Å². The Morgan fingerprint density at radius 3 is 2.43 bits per heavy atom. The van der Waals surface area contributed by atoms with Gasteiger partial charge < -0.3 is 11.1 Å². The summed E-state index contributed by atoms with van der Waals surface area (Å²) in [6, 6.07) is 4.03. The molecule has 0 atom stereocenters. The highest BCUT2D eigenvalue weighted by Crippen LogP contribution is 2.23. The molecule has 0 aromatic heterocycles. The largest absolute Gasteiger partial charge is 0.350 e. The van der Waals surface area contributed by atoms with Gasteiger partial charge in [-0.15, -0.1) is 12.4 Å². The van der Waals surface area contributed by atoms with Gasteiger partial charge in [-0.2, -0.15) is 0 Å². The molecule has 0 heterocycles. The van der Waals surface area contributed by atoms with Crippen molar-refractivity contribution in [3.8, 4) is 0 Å². The summed E-state index contributed by atoms with van der Waals surface area (Å²) in [4.78, 5) is 22.2. The highest BCUT2D eigenvalue weighted by Gasteiger charge is 2.22. The van der Waals surface area contributed by atoms with Crippen LogP contribution in [0, 0.1) is 10.1 Å². The molecule has 0 aliphatic carbocycles. The van der Waals surface area contributed by atoms with Crippen molar-refractivity contribution in [1.29, 1.82) is 0 Å². The molecule has 8 heteroatoms. The molecule has 0 saturated heterocycles. The third-order valence-electron chi connectivity index (χ3n) is 3.42. The maximum atomic E-state index is 12.1. The Bertz CT molecular complexity index is 521. The van der Waals surface area contributed by atoms with Gasteiger partial charge in [0.15, 0.2) is 0 Å². The Kier molecular flexibility index (Phi) is 7.84. The van der Waals surface area contributed by atoms with Gasteiger partial charge in [0.05, 0.1) is 10.5 Å². The number of hydrogen-bond acceptors (Lipinski definition) is 4. The van der Waals surface area contributed by atoms with E-state index in [1.54, 1.807) is 0 Å². The Hall–Kier alpha value is -1.18. The summed E-state index contributed by atoms with van der Waals surface area (Å²) in [5, 5.41) is 13.4. The number of non-ortho nitro benzene ring substituents is 1. The number of nitro benzene ring substituents is 1. The maximum absolute atomic E-state index is 12.1. The lowest BCUT2D eigenvalue weighted by Crippen LogP contribution is -2.49. The third-order valence-corrected chi connectivity index (χ3v) is 4.07. The van der Waals surface area contributed by atoms with Crippen molar-refractivity contribution >= 4 is 39.9 Å². The van der Waals surface area contributed by atoms with E-state index in [1.807, 2.05) is 13.8 Å². The van der Waals surface area contributed by atoms with Crippen molar-refractivity contribution in [2.24, 2.45) is 5.73 Å². The fourth-order valence-corrected chi connectivity index (χ4v) is 2.20. The minimum atomic E-state index is -0.508. The molecule has 0 saturated carbocycles. The Labute approximate surface area is 138 Å². The molecule has 1 aromatic carbocycles. The van der Waals surface area contributed by atoms with Crippen LogP contribution in [0.4, 0.5) is 5.69 Å². The first-order valence-electron chi connectivity index (χ1n) is 6.34. The summed E-state index contributed by atoms with van der Waals surface area (Å²) < 4.78 is 0.389. The van der Waals surface area contributed by atoms with E-state index in [2.05, 4.69) is 21.2 Å². The zero-order chi connectivity index (χ0) is 15.3. The van der Waals surface area contributed by atoms with Crippen LogP contribution in [0.15, 0.2) is 22.7 Å². The normalized spacial score (nSPS) is 10.7. The first-order chi connectivity index (χ1) is 9.33. The molecule has 0 radical (unpaired) electrons. The van der Waals surface area contributed by atoms with Crippen LogP contribution in [0.5, 0.6) is 0 Å². The summed E-state index contributed by atoms with van der Waals surface area (Å²) >= 11 is 3.17. The average Bonchev–Trinajstić information content (AvgIpc) is 2.44. The van der Waals surface area contributed by atoms with Gasteiger partial charge in [0.1, 0.15) is 0 Å². The minimum absolute atomic E-state index is 0. The highest BCUT2D eigenvalue weighted by molar-refractivity contribution is 9.10. The van der Waals surface area contributed by atoms with E-state index in [9.17, 15) is 14.9 Å². The molecule has 0 bridgehead atoms. The molecule has 0 fully saturated rings. The molecule has 21 heavy (non-hydrogen) atoms. The molecular weight excluding hydrogens is 362 g/mol. The fraction of sp³-hybridized carbons (Fsp3) is 0.462. The first-order valence-corrected chi connectivity index (χ1v) is 7.13. The van der Waals surface area contributed by atoms with E-state index in [0.717, 1.165) is 12.8 Å². The van der Waals surface area contributed by atoms with Gasteiger partial charge in [0.25, 0.3) is 11.6 Å². The van der Waals surface area contributed by atoms with Crippen molar-refractivity contribution in [3.05, 3.63) is 38.3 Å². The standard InChI is InChI=1S/C13H18BrN3O3.ClH/c1-3-13(15,4-2)8-16-12(18)10-6-5-9(17(19)20)7-11(10)14;/h5-7H,3-4,8,15H2,1-2H3,(H,16,18);1H. The molecular formula is C13H19BrClN3O3. The summed E-state index contributed by atoms with van der Waals surface area (Å²) in [5.74, 6) is -0.302. The van der Waals surface area contributed by atoms with Gasteiger partial charge in [0.2, 0.25) is 0 Å². The van der Waals surface area contributed by atoms with Crippen LogP contribution in [-0.4, -0.2) is 22.9 Å². The van der Waals surface area contributed by atoms with Crippen LogP contribution >= 0.6 is 28.3 Å². The molecule has 0 spiro atoms. The minimum Gasteiger partial charge on any atom is -0.350 e. The lowest BCUT2D eigenvalue weighted by molar-refractivity contribution is -0.384. The Balaban J connectivity index is 0.00000400. The monoisotopic (exact) mass is 379 g/mol. The van der Waals surface area contributed by atoms with Crippen molar-refractivity contribution in [2.75, 3.05) is 6.54 Å². The molecule has 118 valence electrons. The number of nitrogens with two attached hydrogens (primary N) is 1. The first kappa shape index (κ1) is 19.8. The molecule has 3 N–H and O–H groups in total. The molecule has 1 rings (SSSR count). The van der Waals surface area contributed by atoms with Gasteiger partial charge in [-0.3, -0.25) is 14.9 Å². The summed E-state index contributed by atoms with van der Waals surface area (Å²) in [6.07, 6.45) is 1.51. The number of carbonyl (C=O) groups excluding carboxylic acids is 1. The molecule has 0 unspecified atom stereocenters. The fourth-order valence-electron chi connectivity index (χ4n) is 1.65. The Morgan fingerprint density at radius 2 is 2.00 bits per heavy atom. The number of amides is 1. The number of nitrogens with one attached hydrogen (secondary N) is 1. The summed E-state index contributed by atoms with van der Waals surface area (Å²) in [5.41, 5.74) is 5.97. The molecule has 1 aromatic rings. The third kappa shape index (κ3) is 5.26. The second kappa shape index (κ2) is 8.31. The van der Waals surface area contributed by atoms with Crippen molar-refractivity contribution < 1.29 is 9.72 Å². The van der Waals surface area contributed by atoms with Gasteiger partial charge in [0, 0.05) is 28.7 Å². The molecule has 1 amide bonds. The number of rotatable bonds is 6. The number of nitro groups is 1. The lowest BCUT2D eigenvalue weighted by Gasteiger charge is -2.26. The number of benzene rings is 1. The SMILES string of the molecule is CCC(N)(CC)CNC(=O)c1ccc([N+](=O)[O-])cc1Br.Cl. The summed E-state index contributed by atoms with van der Waals surface area (Å²) in [7, 11) is 0. The molecule has 0 aliphatic rings. The van der Waals surface area contributed by atoms with Crippen LogP contribution in [0.2, 0.25) is 0 Å². The predicted octanol–water partition coefficient (Wildman–Crippen LogP) is 3.03. The van der Waals surface area contributed by atoms with E-state index in [0.29, 0.717) is 16.6 Å². The van der Waals surface area contributed by atoms with Gasteiger partial charge in [-0.05, 0) is 34.8 Å². The molecule has 0 aliphatic heterocycles. The van der Waals surface area contributed by atoms with Crippen molar-refractivity contribution in [1.82, 2.24) is 5.32 Å². The number of carbonyl (C=O) groups is 1. The van der Waals surface area contributed by atoms with Crippen molar-refractivity contribution in [3.63, 3.8) is 0 Å². The van der Waals surface area contributed by atoms with Gasteiger partial charge >= 0.3 is 0 Å². The Morgan fingerprint density at radius 1 is 1.43 bits per heavy atom. The summed E-state index contributed by atoms with van der Waals surface area (Å²) in [6.45, 7) is 4.30. The number of nitrogens with zero attached hydrogens (tertiary/aromatic N) is 1. The molecule has 6 nitrogen and oxygen atoms in total. The second-order valence-electron chi connectivity index (χ2n) is 4.67. The average molecular weight is 381 g/mol. The zero-order valence-electron chi connectivity index (χ0n) is 11.9. The van der Waals surface area contributed by atoms with Crippen molar-refractivity contribution in [2.45, 2.75) is 32.2 Å². The lowest BCUT2D eigenvalue weighted by atomic mass is 9.94. The van der Waals surface area contributed by atoms with E-state index >= 15 is 0 Å². The van der Waals surface area contributed by atoms with Crippen LogP contribution in [0.25, 0.3) is 0 Å². The van der Waals surface area contributed by atoms with Crippen LogP contribution < -0.4 is 11.1 Å². The van der Waals surface area contributed by atoms with E-state index < -0.39 is 10.5 Å². The number of halogens is 2. The smallest absolute Gasteiger partial charge is 0.270 e. The van der Waals surface area contributed by atoms with E-state index in [1.165, 1.54) is 18.2 Å². The topological polar surface area (TPSA) is 98.3 Å². The highest BCUT2D eigenvalue weighted by atomic mass is 79.9. The van der Waals surface area contributed by atoms with Crippen LogP contribution in [0.1, 0.15) is 37.0 Å². The quantitative estimate of drug-likeness (QED) is 0.585.